The second kappa shape index (κ2) is 4.86. The van der Waals surface area contributed by atoms with Gasteiger partial charge in [0.05, 0.1) is 6.54 Å². The van der Waals surface area contributed by atoms with E-state index in [9.17, 15) is 9.59 Å². The minimum absolute atomic E-state index is 0.167. The van der Waals surface area contributed by atoms with Crippen molar-refractivity contribution in [3.8, 4) is 0 Å². The number of amides is 1. The number of carboxylic acid groups (broad SMARTS) is 1. The number of likely N-dealkylation sites (N-methyl/N-ethyl adjacent to an activating group) is 1. The zero-order valence-corrected chi connectivity index (χ0v) is 10.6. The van der Waals surface area contributed by atoms with E-state index in [1.807, 2.05) is 6.07 Å². The molecule has 0 saturated carbocycles. The predicted molar refractivity (Wildman–Crippen MR) is 67.9 cm³/mol. The lowest BCUT2D eigenvalue weighted by Crippen LogP contribution is -2.57. The average molecular weight is 269 g/mol. The number of hydrogen-bond acceptors (Lipinski definition) is 3. The zero-order valence-electron chi connectivity index (χ0n) is 9.84. The molecule has 1 atom stereocenters. The summed E-state index contributed by atoms with van der Waals surface area (Å²) in [4.78, 5) is 25.9. The van der Waals surface area contributed by atoms with E-state index in [-0.39, 0.29) is 19.0 Å². The Morgan fingerprint density at radius 1 is 1.50 bits per heavy atom. The van der Waals surface area contributed by atoms with Crippen LogP contribution < -0.4 is 4.90 Å². The third-order valence-corrected chi connectivity index (χ3v) is 3.27. The van der Waals surface area contributed by atoms with E-state index >= 15 is 0 Å². The highest BCUT2D eigenvalue weighted by Gasteiger charge is 2.34. The van der Waals surface area contributed by atoms with Crippen LogP contribution in [0.5, 0.6) is 0 Å². The van der Waals surface area contributed by atoms with E-state index < -0.39 is 12.0 Å². The smallest absolute Gasteiger partial charge is 0.328 e. The Morgan fingerprint density at radius 3 is 2.83 bits per heavy atom. The van der Waals surface area contributed by atoms with E-state index in [4.69, 9.17) is 16.7 Å². The lowest BCUT2D eigenvalue weighted by atomic mass is 10.1. The van der Waals surface area contributed by atoms with Crippen LogP contribution in [0.3, 0.4) is 0 Å². The Bertz CT molecular complexity index is 492. The summed E-state index contributed by atoms with van der Waals surface area (Å²) in [6.45, 7) is 0.429. The van der Waals surface area contributed by atoms with Gasteiger partial charge in [-0.25, -0.2) is 4.79 Å². The molecule has 2 rings (SSSR count). The van der Waals surface area contributed by atoms with Gasteiger partial charge in [-0.3, -0.25) is 4.79 Å². The topological polar surface area (TPSA) is 60.9 Å². The lowest BCUT2D eigenvalue weighted by molar-refractivity contribution is -0.149. The zero-order chi connectivity index (χ0) is 13.3. The van der Waals surface area contributed by atoms with Gasteiger partial charge in [0.2, 0.25) is 5.91 Å². The predicted octanol–water partition coefficient (Wildman–Crippen LogP) is 1.07. The summed E-state index contributed by atoms with van der Waals surface area (Å²) in [6.07, 6.45) is 0. The summed E-state index contributed by atoms with van der Waals surface area (Å²) in [5, 5.41) is 9.66. The second-order valence-corrected chi connectivity index (χ2v) is 4.66. The van der Waals surface area contributed by atoms with Crippen LogP contribution in [-0.4, -0.2) is 48.1 Å². The van der Waals surface area contributed by atoms with Crippen LogP contribution in [0.1, 0.15) is 0 Å². The fourth-order valence-corrected chi connectivity index (χ4v) is 2.14. The van der Waals surface area contributed by atoms with Crippen molar-refractivity contribution in [3.05, 3.63) is 29.3 Å². The van der Waals surface area contributed by atoms with Crippen LogP contribution in [0.2, 0.25) is 5.02 Å². The van der Waals surface area contributed by atoms with Crippen LogP contribution in [-0.2, 0) is 9.59 Å². The third-order valence-electron chi connectivity index (χ3n) is 3.04. The van der Waals surface area contributed by atoms with Crippen molar-refractivity contribution in [1.82, 2.24) is 4.90 Å². The maximum absolute atomic E-state index is 11.8. The van der Waals surface area contributed by atoms with Crippen molar-refractivity contribution in [3.63, 3.8) is 0 Å². The summed E-state index contributed by atoms with van der Waals surface area (Å²) >= 11 is 5.89. The Morgan fingerprint density at radius 2 is 2.22 bits per heavy atom. The number of piperazine rings is 1. The minimum Gasteiger partial charge on any atom is -0.480 e. The molecule has 6 heteroatoms. The van der Waals surface area contributed by atoms with Gasteiger partial charge in [-0.15, -0.1) is 0 Å². The van der Waals surface area contributed by atoms with Crippen molar-refractivity contribution in [2.24, 2.45) is 0 Å². The summed E-state index contributed by atoms with van der Waals surface area (Å²) < 4.78 is 0. The van der Waals surface area contributed by atoms with Crippen molar-refractivity contribution >= 4 is 29.2 Å². The van der Waals surface area contributed by atoms with Crippen LogP contribution in [0.15, 0.2) is 24.3 Å². The molecular weight excluding hydrogens is 256 g/mol. The number of carbonyl (C=O) groups is 2. The summed E-state index contributed by atoms with van der Waals surface area (Å²) in [5.74, 6) is -1.22. The fraction of sp³-hybridized carbons (Fsp3) is 0.333. The molecule has 1 amide bonds. The molecule has 1 aliphatic rings. The van der Waals surface area contributed by atoms with E-state index in [1.165, 1.54) is 11.9 Å². The minimum atomic E-state index is -1.00. The molecule has 18 heavy (non-hydrogen) atoms. The molecule has 1 N–H and O–H groups in total. The average Bonchev–Trinajstić information content (AvgIpc) is 2.32. The first kappa shape index (κ1) is 12.7. The molecule has 1 aromatic rings. The maximum atomic E-state index is 11.8. The maximum Gasteiger partial charge on any atom is 0.328 e. The number of rotatable bonds is 2. The number of anilines is 1. The standard InChI is InChI=1S/C12H13ClN2O3/c1-14-10(12(17)18)6-15(7-11(14)16)9-4-2-3-8(13)5-9/h2-5,10H,6-7H2,1H3,(H,17,18). The molecule has 96 valence electrons. The molecule has 0 spiro atoms. The third kappa shape index (κ3) is 2.41. The summed E-state index contributed by atoms with van der Waals surface area (Å²) in [5.41, 5.74) is 0.759. The van der Waals surface area contributed by atoms with Gasteiger partial charge in [-0.2, -0.15) is 0 Å². The number of benzene rings is 1. The largest absolute Gasteiger partial charge is 0.480 e. The molecule has 1 fully saturated rings. The van der Waals surface area contributed by atoms with Gasteiger partial charge in [0.1, 0.15) is 6.04 Å². The van der Waals surface area contributed by atoms with Gasteiger partial charge in [-0.1, -0.05) is 17.7 Å². The van der Waals surface area contributed by atoms with Crippen LogP contribution in [0, 0.1) is 0 Å². The number of carboxylic acids is 1. The highest BCUT2D eigenvalue weighted by atomic mass is 35.5. The van der Waals surface area contributed by atoms with Crippen molar-refractivity contribution < 1.29 is 14.7 Å². The SMILES string of the molecule is CN1C(=O)CN(c2cccc(Cl)c2)CC1C(=O)O. The Kier molecular flexibility index (Phi) is 3.43. The van der Waals surface area contributed by atoms with E-state index in [1.54, 1.807) is 23.1 Å². The Balaban J connectivity index is 2.25. The van der Waals surface area contributed by atoms with Crippen molar-refractivity contribution in [2.45, 2.75) is 6.04 Å². The van der Waals surface area contributed by atoms with Gasteiger partial charge in [0, 0.05) is 24.3 Å². The Hall–Kier alpha value is -1.75. The molecular formula is C12H13ClN2O3. The first-order valence-corrected chi connectivity index (χ1v) is 5.86. The normalized spacial score (nSPS) is 20.1. The number of hydrogen-bond donors (Lipinski definition) is 1. The second-order valence-electron chi connectivity index (χ2n) is 4.22. The number of nitrogens with zero attached hydrogens (tertiary/aromatic N) is 2. The highest BCUT2D eigenvalue weighted by molar-refractivity contribution is 6.30. The van der Waals surface area contributed by atoms with Crippen molar-refractivity contribution in [2.75, 3.05) is 25.0 Å². The molecule has 0 aromatic heterocycles. The number of carbonyl (C=O) groups excluding carboxylic acids is 1. The molecule has 1 aliphatic heterocycles. The Labute approximate surface area is 110 Å². The highest BCUT2D eigenvalue weighted by Crippen LogP contribution is 2.22. The number of aliphatic carboxylic acids is 1. The molecule has 0 aliphatic carbocycles. The van der Waals surface area contributed by atoms with E-state index in [0.717, 1.165) is 5.69 Å². The van der Waals surface area contributed by atoms with Crippen LogP contribution >= 0.6 is 11.6 Å². The first-order chi connectivity index (χ1) is 8.49. The molecule has 5 nitrogen and oxygen atoms in total. The van der Waals surface area contributed by atoms with Gasteiger partial charge in [-0.05, 0) is 18.2 Å². The van der Waals surface area contributed by atoms with Gasteiger partial charge < -0.3 is 14.9 Å². The number of halogens is 1. The van der Waals surface area contributed by atoms with Gasteiger partial charge in [0.25, 0.3) is 0 Å². The molecule has 0 bridgehead atoms. The van der Waals surface area contributed by atoms with E-state index in [2.05, 4.69) is 0 Å². The van der Waals surface area contributed by atoms with E-state index in [0.29, 0.717) is 5.02 Å². The molecule has 0 radical (unpaired) electrons. The van der Waals surface area contributed by atoms with Crippen molar-refractivity contribution in [1.29, 1.82) is 0 Å². The molecule has 1 saturated heterocycles. The first-order valence-electron chi connectivity index (χ1n) is 5.48. The summed E-state index contributed by atoms with van der Waals surface area (Å²) in [6, 6.07) is 6.21. The monoisotopic (exact) mass is 268 g/mol. The van der Waals surface area contributed by atoms with Gasteiger partial charge in [0.15, 0.2) is 0 Å². The van der Waals surface area contributed by atoms with Gasteiger partial charge >= 0.3 is 5.97 Å². The quantitative estimate of drug-likeness (QED) is 0.872. The molecule has 1 aromatic carbocycles. The fourth-order valence-electron chi connectivity index (χ4n) is 1.96. The van der Waals surface area contributed by atoms with Crippen LogP contribution in [0.4, 0.5) is 5.69 Å². The summed E-state index contributed by atoms with van der Waals surface area (Å²) in [7, 11) is 1.51. The molecule has 1 heterocycles. The van der Waals surface area contributed by atoms with Crippen LogP contribution in [0.25, 0.3) is 0 Å². The molecule has 1 unspecified atom stereocenters. The lowest BCUT2D eigenvalue weighted by Gasteiger charge is -2.38.